The number of aromatic hydroxyl groups is 2. The highest BCUT2D eigenvalue weighted by Gasteiger charge is 2.37. The van der Waals surface area contributed by atoms with E-state index in [9.17, 15) is 19.8 Å². The summed E-state index contributed by atoms with van der Waals surface area (Å²) >= 11 is 0. The molecule has 0 bridgehead atoms. The van der Waals surface area contributed by atoms with Crippen molar-refractivity contribution in [2.24, 2.45) is 5.92 Å². The van der Waals surface area contributed by atoms with Gasteiger partial charge in [0.1, 0.15) is 24.6 Å². The van der Waals surface area contributed by atoms with Crippen molar-refractivity contribution in [3.05, 3.63) is 98.1 Å². The first kappa shape index (κ1) is 31.5. The van der Waals surface area contributed by atoms with Gasteiger partial charge in [-0.25, -0.2) is 9.37 Å². The molecule has 0 radical (unpaired) electrons. The van der Waals surface area contributed by atoms with Crippen LogP contribution in [0.4, 0.5) is 5.69 Å². The molecule has 10 rings (SSSR count). The lowest BCUT2D eigenvalue weighted by molar-refractivity contribution is -0.151. The van der Waals surface area contributed by atoms with Gasteiger partial charge in [-0.05, 0) is 80.7 Å². The predicted molar refractivity (Wildman–Crippen MR) is 195 cm³/mol. The van der Waals surface area contributed by atoms with Crippen LogP contribution in [0.5, 0.6) is 23.3 Å². The molecule has 1 amide bonds. The molecule has 0 spiro atoms. The number of carbonyl (C=O) groups excluding carboxylic acids is 2. The van der Waals surface area contributed by atoms with E-state index >= 15 is 0 Å². The van der Waals surface area contributed by atoms with E-state index in [-0.39, 0.29) is 17.7 Å². The van der Waals surface area contributed by atoms with E-state index in [2.05, 4.69) is 27.7 Å². The lowest BCUT2D eigenvalue weighted by Gasteiger charge is -2.39. The number of rotatable bonds is 4. The number of likely N-dealkylation sites (tertiary alicyclic amines) is 1. The van der Waals surface area contributed by atoms with E-state index in [1.165, 1.54) is 45.4 Å². The molecule has 10 nitrogen and oxygen atoms in total. The van der Waals surface area contributed by atoms with E-state index in [4.69, 9.17) is 9.57 Å². The maximum atomic E-state index is 14.6. The molecule has 266 valence electrons. The van der Waals surface area contributed by atoms with Gasteiger partial charge in [0.05, 0.1) is 11.5 Å². The molecule has 0 saturated carbocycles. The van der Waals surface area contributed by atoms with Crippen molar-refractivity contribution < 1.29 is 29.4 Å². The number of ether oxygens (including phenoxy) is 1. The number of hydrogen-bond donors (Lipinski definition) is 2. The molecule has 4 aromatic rings. The number of aromatic nitrogens is 1. The number of amides is 1. The van der Waals surface area contributed by atoms with Gasteiger partial charge in [0.2, 0.25) is 17.1 Å². The summed E-state index contributed by atoms with van der Waals surface area (Å²) < 4.78 is 10.5. The molecule has 7 heterocycles. The zero-order chi connectivity index (χ0) is 35.1. The van der Waals surface area contributed by atoms with Gasteiger partial charge >= 0.3 is 5.97 Å². The number of aryl methyl sites for hydroxylation is 2. The van der Waals surface area contributed by atoms with Crippen LogP contribution in [0.2, 0.25) is 0 Å². The maximum Gasteiger partial charge on any atom is 0.336 e. The first-order valence-corrected chi connectivity index (χ1v) is 19.1. The highest BCUT2D eigenvalue weighted by atomic mass is 16.7. The van der Waals surface area contributed by atoms with E-state index in [1.54, 1.807) is 0 Å². The van der Waals surface area contributed by atoms with Crippen LogP contribution in [0.3, 0.4) is 0 Å². The lowest BCUT2D eigenvalue weighted by atomic mass is 9.81. The summed E-state index contributed by atoms with van der Waals surface area (Å²) in [4.78, 5) is 37.3. The van der Waals surface area contributed by atoms with Gasteiger partial charge in [-0.3, -0.25) is 4.79 Å². The van der Waals surface area contributed by atoms with Crippen LogP contribution in [0, 0.1) is 5.92 Å². The Hall–Kier alpha value is -5.25. The van der Waals surface area contributed by atoms with Crippen molar-refractivity contribution in [3.63, 3.8) is 0 Å². The molecule has 0 unspecified atom stereocenters. The molecule has 6 aliphatic rings. The Kier molecular flexibility index (Phi) is 7.37. The molecule has 1 saturated heterocycles. The number of fused-ring (bicyclic) bond motifs is 4. The van der Waals surface area contributed by atoms with Crippen molar-refractivity contribution in [3.8, 4) is 23.3 Å². The fourth-order valence-corrected chi connectivity index (χ4v) is 9.84. The Morgan fingerprint density at radius 2 is 1.48 bits per heavy atom. The van der Waals surface area contributed by atoms with Crippen LogP contribution in [0.15, 0.2) is 48.5 Å². The van der Waals surface area contributed by atoms with Crippen LogP contribution in [0.1, 0.15) is 82.3 Å². The summed E-state index contributed by atoms with van der Waals surface area (Å²) in [5.74, 6) is 0.172. The number of benzene rings is 3. The zero-order valence-corrected chi connectivity index (χ0v) is 29.3. The zero-order valence-electron chi connectivity index (χ0n) is 29.3. The fourth-order valence-electron chi connectivity index (χ4n) is 9.84. The van der Waals surface area contributed by atoms with Gasteiger partial charge in [0, 0.05) is 89.9 Å². The molecule has 10 heteroatoms. The highest BCUT2D eigenvalue weighted by molar-refractivity contribution is 6.02. The van der Waals surface area contributed by atoms with Crippen molar-refractivity contribution >= 4 is 23.1 Å². The van der Waals surface area contributed by atoms with Crippen LogP contribution < -0.4 is 29.6 Å². The number of carbonyl (C=O) groups is 2. The van der Waals surface area contributed by atoms with Gasteiger partial charge in [-0.2, -0.15) is 0 Å². The molecule has 2 N–H and O–H groups in total. The van der Waals surface area contributed by atoms with Crippen LogP contribution in [-0.4, -0.2) is 71.0 Å². The summed E-state index contributed by atoms with van der Waals surface area (Å²) in [5.41, 5.74) is 10.5. The summed E-state index contributed by atoms with van der Waals surface area (Å²) in [7, 11) is 0. The Balaban J connectivity index is 1.08. The summed E-state index contributed by atoms with van der Waals surface area (Å²) in [6.45, 7) is 5.13. The average Bonchev–Trinajstić information content (AvgIpc) is 3.50. The third-order valence-corrected chi connectivity index (χ3v) is 12.2. The molecule has 3 aromatic carbocycles. The quantitative estimate of drug-likeness (QED) is 0.275. The Bertz CT molecular complexity index is 2290. The average molecular weight is 700 g/mol. The van der Waals surface area contributed by atoms with Crippen molar-refractivity contribution in [2.75, 3.05) is 44.2 Å². The molecule has 0 aliphatic carbocycles. The van der Waals surface area contributed by atoms with Gasteiger partial charge in [-0.15, -0.1) is 4.73 Å². The molecular formula is C42H43N4O6+. The standard InChI is InChI=1S/C42H42N4O6/c47-34-13-14-35(48)46(34)52-42(50)25-15-21-45(22-16-25)41(49)29-10-2-1-9-28(29)36-32-23-26-7-3-17-43-19-5-11-30(37(26)43)39(32)51-40-31-12-6-20-44-18-4-8-27(38(31)44)24-33(36)40/h1-2,9-10,13-14,23-25,49H,3-8,11-12,15-22H2/p+1. The summed E-state index contributed by atoms with van der Waals surface area (Å²) in [5, 5.41) is 22.3. The van der Waals surface area contributed by atoms with Crippen LogP contribution in [-0.2, 0) is 30.5 Å². The second-order valence-electron chi connectivity index (χ2n) is 15.2. The SMILES string of the molecule is O=C(On1c(O)ccc1O)C1CCN(C(=O)c2ccccc2C2=c3cc4c5c(c3Oc3c2cc2c6c3CCCN6CCC2)CCC[N+]=5CCC4)CC1. The Labute approximate surface area is 301 Å². The highest BCUT2D eigenvalue weighted by Crippen LogP contribution is 2.49. The first-order chi connectivity index (χ1) is 25.4. The number of anilines is 1. The van der Waals surface area contributed by atoms with E-state index in [1.807, 2.05) is 23.1 Å². The molecule has 0 atom stereocenters. The topological polar surface area (TPSA) is 107 Å². The number of hydrogen-bond acceptors (Lipinski definition) is 7. The van der Waals surface area contributed by atoms with Gasteiger partial charge < -0.3 is 29.6 Å². The number of piperidine rings is 1. The van der Waals surface area contributed by atoms with Crippen molar-refractivity contribution in [1.29, 1.82) is 0 Å². The third-order valence-electron chi connectivity index (χ3n) is 12.2. The van der Waals surface area contributed by atoms with E-state index in [0.717, 1.165) is 116 Å². The fraction of sp³-hybridized carbons (Fsp3) is 0.405. The second kappa shape index (κ2) is 12.2. The van der Waals surface area contributed by atoms with Crippen LogP contribution in [0.25, 0.3) is 5.57 Å². The minimum absolute atomic E-state index is 0.0545. The third kappa shape index (κ3) is 4.86. The summed E-state index contributed by atoms with van der Waals surface area (Å²) in [6.07, 6.45) is 9.37. The van der Waals surface area contributed by atoms with Gasteiger partial charge in [0.25, 0.3) is 5.91 Å². The molecule has 1 fully saturated rings. The van der Waals surface area contributed by atoms with Crippen molar-refractivity contribution in [2.45, 2.75) is 64.2 Å². The van der Waals surface area contributed by atoms with Crippen molar-refractivity contribution in [1.82, 2.24) is 14.2 Å². The lowest BCUT2D eigenvalue weighted by Crippen LogP contribution is -2.45. The maximum absolute atomic E-state index is 14.6. The second-order valence-corrected chi connectivity index (χ2v) is 15.2. The minimum atomic E-state index is -0.544. The molecule has 6 aliphatic heterocycles. The molecule has 52 heavy (non-hydrogen) atoms. The molecular weight excluding hydrogens is 656 g/mol. The van der Waals surface area contributed by atoms with E-state index < -0.39 is 11.9 Å². The largest absolute Gasteiger partial charge is 0.492 e. The smallest absolute Gasteiger partial charge is 0.336 e. The van der Waals surface area contributed by atoms with Gasteiger partial charge in [0.15, 0.2) is 0 Å². The summed E-state index contributed by atoms with van der Waals surface area (Å²) in [6, 6.07) is 15.3. The predicted octanol–water partition coefficient (Wildman–Crippen LogP) is 3.84. The normalized spacial score (nSPS) is 18.9. The van der Waals surface area contributed by atoms with Gasteiger partial charge in [-0.1, -0.05) is 18.2 Å². The Morgan fingerprint density at radius 1 is 0.769 bits per heavy atom. The minimum Gasteiger partial charge on any atom is -0.492 e. The molecule has 1 aromatic heterocycles. The number of nitrogens with zero attached hydrogens (tertiary/aromatic N) is 4. The Morgan fingerprint density at radius 3 is 2.29 bits per heavy atom. The van der Waals surface area contributed by atoms with E-state index in [0.29, 0.717) is 31.5 Å². The van der Waals surface area contributed by atoms with Crippen LogP contribution >= 0.6 is 0 Å². The monoisotopic (exact) mass is 699 g/mol. The first-order valence-electron chi connectivity index (χ1n) is 19.1.